The van der Waals surface area contributed by atoms with Crippen LogP contribution in [0.4, 0.5) is 0 Å². The molecule has 4 heteroatoms. The van der Waals surface area contributed by atoms with E-state index in [1.807, 2.05) is 4.90 Å². The monoisotopic (exact) mass is 336 g/mol. The number of amides is 1. The fourth-order valence-corrected chi connectivity index (χ4v) is 3.37. The molecule has 0 radical (unpaired) electrons. The van der Waals surface area contributed by atoms with Gasteiger partial charge >= 0.3 is 0 Å². The second-order valence-corrected chi connectivity index (χ2v) is 6.80. The second kappa shape index (κ2) is 6.27. The van der Waals surface area contributed by atoms with Gasteiger partial charge in [-0.15, -0.1) is 0 Å². The summed E-state index contributed by atoms with van der Waals surface area (Å²) in [4.78, 5) is 13.9. The maximum Gasteiger partial charge on any atom is 0.236 e. The van der Waals surface area contributed by atoms with Crippen LogP contribution in [0.15, 0.2) is 28.7 Å². The van der Waals surface area contributed by atoms with E-state index in [9.17, 15) is 4.79 Å². The number of halogens is 1. The van der Waals surface area contributed by atoms with Crippen molar-refractivity contribution in [2.24, 2.45) is 0 Å². The van der Waals surface area contributed by atoms with Crippen LogP contribution in [0.1, 0.15) is 37.2 Å². The van der Waals surface area contributed by atoms with Crippen LogP contribution in [0.3, 0.4) is 0 Å². The molecule has 3 rings (SSSR count). The summed E-state index contributed by atoms with van der Waals surface area (Å²) in [7, 11) is 0. The molecular weight excluding hydrogens is 316 g/mol. The SMILES string of the molecule is O=C(CNC1CC(c2ccc(Br)cc2)C1)N1CCCC1. The molecule has 0 bridgehead atoms. The van der Waals surface area contributed by atoms with Crippen LogP contribution >= 0.6 is 15.9 Å². The first-order valence-electron chi connectivity index (χ1n) is 7.49. The van der Waals surface area contributed by atoms with Crippen LogP contribution in [0, 0.1) is 0 Å². The van der Waals surface area contributed by atoms with Crippen LogP contribution in [0.2, 0.25) is 0 Å². The third-order valence-electron chi connectivity index (χ3n) is 4.48. The van der Waals surface area contributed by atoms with Crippen LogP contribution < -0.4 is 5.32 Å². The van der Waals surface area contributed by atoms with Crippen LogP contribution in [0.5, 0.6) is 0 Å². The summed E-state index contributed by atoms with van der Waals surface area (Å²) >= 11 is 3.46. The Bertz CT molecular complexity index is 462. The van der Waals surface area contributed by atoms with Gasteiger partial charge in [-0.3, -0.25) is 4.79 Å². The normalized spacial score (nSPS) is 25.6. The van der Waals surface area contributed by atoms with E-state index in [4.69, 9.17) is 0 Å². The standard InChI is InChI=1S/C16H21BrN2O/c17-14-5-3-12(4-6-14)13-9-15(10-13)18-11-16(20)19-7-1-2-8-19/h3-6,13,15,18H,1-2,7-11H2. The van der Waals surface area contributed by atoms with Crippen molar-refractivity contribution in [1.29, 1.82) is 0 Å². The van der Waals surface area contributed by atoms with Crippen LogP contribution in [-0.2, 0) is 4.79 Å². The fraction of sp³-hybridized carbons (Fsp3) is 0.562. The Kier molecular flexibility index (Phi) is 4.41. The summed E-state index contributed by atoms with van der Waals surface area (Å²) in [6.07, 6.45) is 4.63. The van der Waals surface area contributed by atoms with Crippen LogP contribution in [0.25, 0.3) is 0 Å². The first-order valence-corrected chi connectivity index (χ1v) is 8.28. The lowest BCUT2D eigenvalue weighted by Crippen LogP contribution is -2.45. The Balaban J connectivity index is 1.40. The first-order chi connectivity index (χ1) is 9.72. The molecule has 1 heterocycles. The molecule has 3 nitrogen and oxygen atoms in total. The molecule has 2 aliphatic rings. The van der Waals surface area contributed by atoms with Crippen molar-refractivity contribution in [3.63, 3.8) is 0 Å². The quantitative estimate of drug-likeness (QED) is 0.916. The molecule has 1 amide bonds. The molecule has 1 N–H and O–H groups in total. The van der Waals surface area contributed by atoms with Gasteiger partial charge in [0.1, 0.15) is 0 Å². The highest BCUT2D eigenvalue weighted by Gasteiger charge is 2.30. The minimum absolute atomic E-state index is 0.273. The van der Waals surface area contributed by atoms with Crippen LogP contribution in [-0.4, -0.2) is 36.5 Å². The molecule has 0 atom stereocenters. The van der Waals surface area contributed by atoms with Crippen molar-refractivity contribution in [2.75, 3.05) is 19.6 Å². The zero-order valence-corrected chi connectivity index (χ0v) is 13.2. The molecule has 20 heavy (non-hydrogen) atoms. The van der Waals surface area contributed by atoms with E-state index in [2.05, 4.69) is 45.5 Å². The maximum atomic E-state index is 11.9. The van der Waals surface area contributed by atoms with E-state index in [-0.39, 0.29) is 5.91 Å². The van der Waals surface area contributed by atoms with Gasteiger partial charge in [0.15, 0.2) is 0 Å². The highest BCUT2D eigenvalue weighted by atomic mass is 79.9. The average Bonchev–Trinajstić information content (AvgIpc) is 2.92. The topological polar surface area (TPSA) is 32.3 Å². The molecular formula is C16H21BrN2O. The molecule has 108 valence electrons. The minimum atomic E-state index is 0.273. The van der Waals surface area contributed by atoms with Gasteiger partial charge < -0.3 is 10.2 Å². The maximum absolute atomic E-state index is 11.9. The molecule has 1 saturated heterocycles. The molecule has 0 unspecified atom stereocenters. The highest BCUT2D eigenvalue weighted by molar-refractivity contribution is 9.10. The predicted octanol–water partition coefficient (Wildman–Crippen LogP) is 2.91. The zero-order valence-electron chi connectivity index (χ0n) is 11.6. The number of carbonyl (C=O) groups excluding carboxylic acids is 1. The van der Waals surface area contributed by atoms with Gasteiger partial charge in [0.25, 0.3) is 0 Å². The number of nitrogens with zero attached hydrogens (tertiary/aromatic N) is 1. The Morgan fingerprint density at radius 3 is 2.50 bits per heavy atom. The third-order valence-corrected chi connectivity index (χ3v) is 5.01. The van der Waals surface area contributed by atoms with Gasteiger partial charge in [-0.05, 0) is 49.3 Å². The van der Waals surface area contributed by atoms with E-state index >= 15 is 0 Å². The molecule has 1 aliphatic heterocycles. The average molecular weight is 337 g/mol. The molecule has 1 aromatic carbocycles. The second-order valence-electron chi connectivity index (χ2n) is 5.89. The van der Waals surface area contributed by atoms with Crippen molar-refractivity contribution in [1.82, 2.24) is 10.2 Å². The van der Waals surface area contributed by atoms with Crippen molar-refractivity contribution in [2.45, 2.75) is 37.6 Å². The van der Waals surface area contributed by atoms with Crippen molar-refractivity contribution in [3.05, 3.63) is 34.3 Å². The zero-order chi connectivity index (χ0) is 13.9. The Morgan fingerprint density at radius 2 is 1.85 bits per heavy atom. The Morgan fingerprint density at radius 1 is 1.20 bits per heavy atom. The summed E-state index contributed by atoms with van der Waals surface area (Å²) in [6.45, 7) is 2.41. The number of nitrogens with one attached hydrogen (secondary N) is 1. The lowest BCUT2D eigenvalue weighted by atomic mass is 9.76. The Hall–Kier alpha value is -0.870. The number of hydrogen-bond donors (Lipinski definition) is 1. The summed E-state index contributed by atoms with van der Waals surface area (Å²) < 4.78 is 1.13. The first kappa shape index (κ1) is 14.1. The van der Waals surface area contributed by atoms with Gasteiger partial charge in [-0.1, -0.05) is 28.1 Å². The number of benzene rings is 1. The summed E-state index contributed by atoms with van der Waals surface area (Å²) in [6, 6.07) is 9.11. The van der Waals surface area contributed by atoms with Crippen molar-refractivity contribution >= 4 is 21.8 Å². The molecule has 2 fully saturated rings. The highest BCUT2D eigenvalue weighted by Crippen LogP contribution is 2.37. The number of hydrogen-bond acceptors (Lipinski definition) is 2. The van der Waals surface area contributed by atoms with Gasteiger partial charge in [0.2, 0.25) is 5.91 Å². The molecule has 0 aromatic heterocycles. The summed E-state index contributed by atoms with van der Waals surface area (Å²) in [5.41, 5.74) is 1.41. The van der Waals surface area contributed by atoms with Gasteiger partial charge in [0.05, 0.1) is 6.54 Å². The van der Waals surface area contributed by atoms with E-state index in [1.165, 1.54) is 18.4 Å². The smallest absolute Gasteiger partial charge is 0.236 e. The lowest BCUT2D eigenvalue weighted by molar-refractivity contribution is -0.129. The van der Waals surface area contributed by atoms with Gasteiger partial charge in [-0.25, -0.2) is 0 Å². The molecule has 1 saturated carbocycles. The van der Waals surface area contributed by atoms with E-state index in [0.29, 0.717) is 18.5 Å². The molecule has 1 aliphatic carbocycles. The minimum Gasteiger partial charge on any atom is -0.342 e. The Labute approximate surface area is 128 Å². The predicted molar refractivity (Wildman–Crippen MR) is 83.7 cm³/mol. The van der Waals surface area contributed by atoms with E-state index in [0.717, 1.165) is 30.4 Å². The molecule has 0 spiro atoms. The summed E-state index contributed by atoms with van der Waals surface area (Å²) in [5, 5.41) is 3.41. The fourth-order valence-electron chi connectivity index (χ4n) is 3.10. The largest absolute Gasteiger partial charge is 0.342 e. The molecule has 1 aromatic rings. The van der Waals surface area contributed by atoms with E-state index in [1.54, 1.807) is 0 Å². The number of likely N-dealkylation sites (tertiary alicyclic amines) is 1. The number of rotatable bonds is 4. The van der Waals surface area contributed by atoms with Crippen molar-refractivity contribution in [3.8, 4) is 0 Å². The van der Waals surface area contributed by atoms with Gasteiger partial charge in [0, 0.05) is 23.6 Å². The summed E-state index contributed by atoms with van der Waals surface area (Å²) in [5.74, 6) is 0.928. The van der Waals surface area contributed by atoms with Gasteiger partial charge in [-0.2, -0.15) is 0 Å². The number of carbonyl (C=O) groups is 1. The van der Waals surface area contributed by atoms with Crippen molar-refractivity contribution < 1.29 is 4.79 Å². The lowest BCUT2D eigenvalue weighted by Gasteiger charge is -2.36. The third kappa shape index (κ3) is 3.23. The van der Waals surface area contributed by atoms with E-state index < -0.39 is 0 Å².